The molecule has 5 nitrogen and oxygen atoms in total. The average molecular weight is 354 g/mol. The number of amides is 1. The summed E-state index contributed by atoms with van der Waals surface area (Å²) in [6.45, 7) is 0. The first kappa shape index (κ1) is 17.3. The minimum absolute atomic E-state index is 0.0141. The maximum atomic E-state index is 13.0. The van der Waals surface area contributed by atoms with E-state index in [0.717, 1.165) is 12.8 Å². The second kappa shape index (κ2) is 7.22. The van der Waals surface area contributed by atoms with E-state index in [9.17, 15) is 9.59 Å². The second-order valence-corrected chi connectivity index (χ2v) is 7.84. The second-order valence-electron chi connectivity index (χ2n) is 7.84. The van der Waals surface area contributed by atoms with Crippen LogP contribution < -0.4 is 5.32 Å². The van der Waals surface area contributed by atoms with E-state index in [0.29, 0.717) is 36.3 Å². The highest BCUT2D eigenvalue weighted by Crippen LogP contribution is 2.36. The van der Waals surface area contributed by atoms with Crippen molar-refractivity contribution in [2.24, 2.45) is 5.92 Å². The van der Waals surface area contributed by atoms with Crippen molar-refractivity contribution in [3.63, 3.8) is 0 Å². The van der Waals surface area contributed by atoms with Gasteiger partial charge in [0.25, 0.3) is 5.89 Å². The molecule has 2 fully saturated rings. The Morgan fingerprint density at radius 2 is 1.88 bits per heavy atom. The molecule has 2 aliphatic carbocycles. The number of benzene rings is 1. The standard InChI is InChI=1S/C21H26N2O3/c24-18(12-11-15-7-2-1-3-8-15)23-21(13-6-14-21)19(25)20-22-16-9-4-5-10-17(16)26-20/h4-5,9-10,15H,1-3,6-8,11-14H2,(H,23,24). The number of fused-ring (bicyclic) bond motifs is 1. The van der Waals surface area contributed by atoms with E-state index >= 15 is 0 Å². The topological polar surface area (TPSA) is 72.2 Å². The largest absolute Gasteiger partial charge is 0.434 e. The monoisotopic (exact) mass is 354 g/mol. The summed E-state index contributed by atoms with van der Waals surface area (Å²) in [4.78, 5) is 29.8. The highest BCUT2D eigenvalue weighted by atomic mass is 16.4. The summed E-state index contributed by atoms with van der Waals surface area (Å²) in [6, 6.07) is 7.35. The molecule has 0 spiro atoms. The molecule has 5 heteroatoms. The van der Waals surface area contributed by atoms with E-state index in [-0.39, 0.29) is 17.6 Å². The lowest BCUT2D eigenvalue weighted by atomic mass is 9.73. The van der Waals surface area contributed by atoms with Crippen molar-refractivity contribution in [3.8, 4) is 0 Å². The summed E-state index contributed by atoms with van der Waals surface area (Å²) in [7, 11) is 0. The number of hydrogen-bond acceptors (Lipinski definition) is 4. The number of aromatic nitrogens is 1. The Kier molecular flexibility index (Phi) is 4.79. The van der Waals surface area contributed by atoms with Crippen LogP contribution in [0.25, 0.3) is 11.1 Å². The van der Waals surface area contributed by atoms with Crippen molar-refractivity contribution in [2.75, 3.05) is 0 Å². The smallest absolute Gasteiger partial charge is 0.266 e. The zero-order valence-electron chi connectivity index (χ0n) is 15.1. The molecule has 138 valence electrons. The fourth-order valence-electron chi connectivity index (χ4n) is 4.25. The molecule has 0 bridgehead atoms. The number of nitrogens with one attached hydrogen (secondary N) is 1. The summed E-state index contributed by atoms with van der Waals surface area (Å²) in [5.74, 6) is 0.573. The van der Waals surface area contributed by atoms with Gasteiger partial charge in [0.2, 0.25) is 11.7 Å². The first-order valence-corrected chi connectivity index (χ1v) is 9.88. The van der Waals surface area contributed by atoms with Crippen LogP contribution >= 0.6 is 0 Å². The number of ketones is 1. The Morgan fingerprint density at radius 1 is 1.12 bits per heavy atom. The number of carbonyl (C=O) groups excluding carboxylic acids is 2. The van der Waals surface area contributed by atoms with Gasteiger partial charge in [0.1, 0.15) is 11.1 Å². The van der Waals surface area contributed by atoms with Crippen LogP contribution in [0.15, 0.2) is 28.7 Å². The molecular formula is C21H26N2O3. The third-order valence-corrected chi connectivity index (χ3v) is 6.01. The molecule has 1 amide bonds. The number of Topliss-reactive ketones (excluding diaryl/α,β-unsaturated/α-hetero) is 1. The van der Waals surface area contributed by atoms with Gasteiger partial charge in [0.15, 0.2) is 5.58 Å². The Balaban J connectivity index is 1.41. The van der Waals surface area contributed by atoms with Crippen molar-refractivity contribution in [3.05, 3.63) is 30.2 Å². The first-order chi connectivity index (χ1) is 12.7. The number of para-hydroxylation sites is 2. The van der Waals surface area contributed by atoms with Gasteiger partial charge in [-0.15, -0.1) is 0 Å². The van der Waals surface area contributed by atoms with Gasteiger partial charge in [0.05, 0.1) is 0 Å². The van der Waals surface area contributed by atoms with Crippen LogP contribution in [0.2, 0.25) is 0 Å². The molecule has 0 radical (unpaired) electrons. The van der Waals surface area contributed by atoms with E-state index in [1.807, 2.05) is 18.2 Å². The highest BCUT2D eigenvalue weighted by Gasteiger charge is 2.47. The van der Waals surface area contributed by atoms with E-state index in [2.05, 4.69) is 10.3 Å². The minimum Gasteiger partial charge on any atom is -0.434 e. The third-order valence-electron chi connectivity index (χ3n) is 6.01. The summed E-state index contributed by atoms with van der Waals surface area (Å²) in [5.41, 5.74) is 0.466. The van der Waals surface area contributed by atoms with Crippen molar-refractivity contribution in [1.82, 2.24) is 10.3 Å². The quantitative estimate of drug-likeness (QED) is 0.780. The van der Waals surface area contributed by atoms with E-state index in [4.69, 9.17) is 4.42 Å². The van der Waals surface area contributed by atoms with Crippen LogP contribution in [0.1, 0.15) is 74.9 Å². The summed E-state index contributed by atoms with van der Waals surface area (Å²) in [5, 5.41) is 3.02. The molecular weight excluding hydrogens is 328 g/mol. The number of rotatable bonds is 6. The summed E-state index contributed by atoms with van der Waals surface area (Å²) in [6.07, 6.45) is 10.1. The Bertz CT molecular complexity index is 767. The van der Waals surface area contributed by atoms with Gasteiger partial charge in [-0.25, -0.2) is 4.98 Å². The van der Waals surface area contributed by atoms with Crippen molar-refractivity contribution in [1.29, 1.82) is 0 Å². The fourth-order valence-corrected chi connectivity index (χ4v) is 4.25. The summed E-state index contributed by atoms with van der Waals surface area (Å²) < 4.78 is 5.64. The SMILES string of the molecule is O=C(CCC1CCCCC1)NC1(C(=O)c2nc3ccccc3o2)CCC1. The van der Waals surface area contributed by atoms with Crippen LogP contribution in [-0.2, 0) is 4.79 Å². The molecule has 2 aliphatic rings. The highest BCUT2D eigenvalue weighted by molar-refractivity contribution is 6.03. The van der Waals surface area contributed by atoms with E-state index in [1.165, 1.54) is 32.1 Å². The zero-order valence-corrected chi connectivity index (χ0v) is 15.1. The van der Waals surface area contributed by atoms with Crippen LogP contribution in [0.5, 0.6) is 0 Å². The normalized spacial score (nSPS) is 19.8. The minimum atomic E-state index is -0.815. The summed E-state index contributed by atoms with van der Waals surface area (Å²) >= 11 is 0. The van der Waals surface area contributed by atoms with Gasteiger partial charge in [0, 0.05) is 6.42 Å². The average Bonchev–Trinajstić information content (AvgIpc) is 3.07. The van der Waals surface area contributed by atoms with E-state index < -0.39 is 5.54 Å². The van der Waals surface area contributed by atoms with Crippen molar-refractivity contribution >= 4 is 22.8 Å². The molecule has 1 heterocycles. The van der Waals surface area contributed by atoms with Gasteiger partial charge in [-0.1, -0.05) is 44.2 Å². The maximum absolute atomic E-state index is 13.0. The molecule has 0 unspecified atom stereocenters. The predicted octanol–water partition coefficient (Wildman–Crippen LogP) is 4.41. The number of hydrogen-bond donors (Lipinski definition) is 1. The lowest BCUT2D eigenvalue weighted by Gasteiger charge is -2.40. The number of nitrogens with zero attached hydrogens (tertiary/aromatic N) is 1. The zero-order chi connectivity index (χ0) is 18.0. The lowest BCUT2D eigenvalue weighted by Crippen LogP contribution is -2.59. The molecule has 2 aromatic rings. The van der Waals surface area contributed by atoms with Crippen LogP contribution in [0, 0.1) is 5.92 Å². The molecule has 4 rings (SSSR count). The lowest BCUT2D eigenvalue weighted by molar-refractivity contribution is -0.123. The van der Waals surface area contributed by atoms with Crippen LogP contribution in [0.4, 0.5) is 0 Å². The molecule has 1 aromatic carbocycles. The third kappa shape index (κ3) is 3.39. The molecule has 0 atom stereocenters. The van der Waals surface area contributed by atoms with Gasteiger partial charge in [-0.2, -0.15) is 0 Å². The predicted molar refractivity (Wildman–Crippen MR) is 98.9 cm³/mol. The Morgan fingerprint density at radius 3 is 2.58 bits per heavy atom. The molecule has 0 aliphatic heterocycles. The van der Waals surface area contributed by atoms with Gasteiger partial charge >= 0.3 is 0 Å². The molecule has 0 saturated heterocycles. The fraction of sp³-hybridized carbons (Fsp3) is 0.571. The Labute approximate surface area is 153 Å². The van der Waals surface area contributed by atoms with Crippen LogP contribution in [-0.4, -0.2) is 22.2 Å². The Hall–Kier alpha value is -2.17. The van der Waals surface area contributed by atoms with Crippen LogP contribution in [0.3, 0.4) is 0 Å². The number of oxazole rings is 1. The number of carbonyl (C=O) groups is 2. The van der Waals surface area contributed by atoms with Gasteiger partial charge in [-0.3, -0.25) is 9.59 Å². The molecule has 26 heavy (non-hydrogen) atoms. The molecule has 1 N–H and O–H groups in total. The van der Waals surface area contributed by atoms with Gasteiger partial charge in [-0.05, 0) is 43.7 Å². The van der Waals surface area contributed by atoms with Crippen molar-refractivity contribution < 1.29 is 14.0 Å². The maximum Gasteiger partial charge on any atom is 0.266 e. The molecule has 2 saturated carbocycles. The molecule has 1 aromatic heterocycles. The van der Waals surface area contributed by atoms with Gasteiger partial charge < -0.3 is 9.73 Å². The first-order valence-electron chi connectivity index (χ1n) is 9.88. The van der Waals surface area contributed by atoms with Crippen molar-refractivity contribution in [2.45, 2.75) is 69.7 Å². The van der Waals surface area contributed by atoms with E-state index in [1.54, 1.807) is 6.07 Å².